The number of benzene rings is 1. The molecule has 0 saturated carbocycles. The molecule has 0 amide bonds. The van der Waals surface area contributed by atoms with E-state index in [0.29, 0.717) is 5.56 Å². The van der Waals surface area contributed by atoms with Crippen LogP contribution in [0.2, 0.25) is 0 Å². The van der Waals surface area contributed by atoms with Gasteiger partial charge in [0.25, 0.3) is 0 Å². The fourth-order valence-electron chi connectivity index (χ4n) is 1.60. The highest BCUT2D eigenvalue weighted by Gasteiger charge is 2.14. The summed E-state index contributed by atoms with van der Waals surface area (Å²) in [6.07, 6.45) is 1.18. The van der Waals surface area contributed by atoms with Gasteiger partial charge in [-0.3, -0.25) is 4.79 Å². The van der Waals surface area contributed by atoms with Crippen LogP contribution >= 0.6 is 0 Å². The zero-order valence-electron chi connectivity index (χ0n) is 11.4. The van der Waals surface area contributed by atoms with E-state index in [-0.39, 0.29) is 30.0 Å². The van der Waals surface area contributed by atoms with Gasteiger partial charge in [-0.25, -0.2) is 21.6 Å². The van der Waals surface area contributed by atoms with E-state index in [1.807, 2.05) is 0 Å². The molecule has 0 heterocycles. The minimum Gasteiger partial charge on any atom is -0.481 e. The molecule has 0 aliphatic carbocycles. The van der Waals surface area contributed by atoms with Crippen molar-refractivity contribution in [3.05, 3.63) is 29.8 Å². The molecule has 0 atom stereocenters. The molecule has 7 nitrogen and oxygen atoms in total. The Labute approximate surface area is 124 Å². The Morgan fingerprint density at radius 3 is 2.19 bits per heavy atom. The lowest BCUT2D eigenvalue weighted by atomic mass is 10.2. The van der Waals surface area contributed by atoms with E-state index in [4.69, 9.17) is 5.11 Å². The Bertz CT molecular complexity index is 692. The molecule has 0 aliphatic heterocycles. The van der Waals surface area contributed by atoms with Gasteiger partial charge in [-0.2, -0.15) is 0 Å². The molecule has 0 aliphatic rings. The second-order valence-corrected chi connectivity index (χ2v) is 8.52. The van der Waals surface area contributed by atoms with E-state index >= 15 is 0 Å². The monoisotopic (exact) mass is 335 g/mol. The second kappa shape index (κ2) is 7.01. The number of sulfonamides is 1. The zero-order chi connectivity index (χ0) is 16.1. The third-order valence-electron chi connectivity index (χ3n) is 2.52. The van der Waals surface area contributed by atoms with Gasteiger partial charge in [-0.1, -0.05) is 12.1 Å². The molecule has 0 unspecified atom stereocenters. The maximum atomic E-state index is 11.9. The van der Waals surface area contributed by atoms with Gasteiger partial charge >= 0.3 is 5.97 Å². The smallest absolute Gasteiger partial charge is 0.303 e. The zero-order valence-corrected chi connectivity index (χ0v) is 13.1. The van der Waals surface area contributed by atoms with Gasteiger partial charge in [0.15, 0.2) is 9.84 Å². The third-order valence-corrected chi connectivity index (χ3v) is 4.86. The van der Waals surface area contributed by atoms with Crippen molar-refractivity contribution in [1.82, 2.24) is 4.72 Å². The Kier molecular flexibility index (Phi) is 5.87. The molecule has 21 heavy (non-hydrogen) atoms. The van der Waals surface area contributed by atoms with Crippen LogP contribution in [0.25, 0.3) is 0 Å². The molecule has 0 bridgehead atoms. The fraction of sp³-hybridized carbons (Fsp3) is 0.417. The van der Waals surface area contributed by atoms with E-state index in [1.165, 1.54) is 24.3 Å². The topological polar surface area (TPSA) is 118 Å². The number of aliphatic carboxylic acids is 1. The highest BCUT2D eigenvalue weighted by atomic mass is 32.2. The number of hydrogen-bond donors (Lipinski definition) is 2. The number of sulfone groups is 1. The van der Waals surface area contributed by atoms with Gasteiger partial charge in [-0.15, -0.1) is 0 Å². The van der Waals surface area contributed by atoms with Crippen molar-refractivity contribution in [2.75, 3.05) is 12.8 Å². The van der Waals surface area contributed by atoms with Crippen LogP contribution < -0.4 is 4.72 Å². The van der Waals surface area contributed by atoms with Crippen LogP contribution in [-0.4, -0.2) is 40.7 Å². The normalized spacial score (nSPS) is 12.2. The van der Waals surface area contributed by atoms with Crippen LogP contribution in [0.1, 0.15) is 18.4 Å². The maximum Gasteiger partial charge on any atom is 0.303 e. The summed E-state index contributed by atoms with van der Waals surface area (Å²) in [5, 5.41) is 8.46. The summed E-state index contributed by atoms with van der Waals surface area (Å²) in [7, 11) is -6.88. The second-order valence-electron chi connectivity index (χ2n) is 4.61. The molecule has 1 aromatic rings. The molecule has 118 valence electrons. The van der Waals surface area contributed by atoms with Crippen molar-refractivity contribution in [3.8, 4) is 0 Å². The first-order valence-electron chi connectivity index (χ1n) is 6.08. The van der Waals surface area contributed by atoms with E-state index in [9.17, 15) is 21.6 Å². The van der Waals surface area contributed by atoms with Crippen molar-refractivity contribution < 1.29 is 26.7 Å². The van der Waals surface area contributed by atoms with E-state index in [1.54, 1.807) is 0 Å². The highest BCUT2D eigenvalue weighted by Crippen LogP contribution is 2.12. The number of carbonyl (C=O) groups is 1. The first-order chi connectivity index (χ1) is 9.60. The summed E-state index contributed by atoms with van der Waals surface area (Å²) < 4.78 is 48.3. The average molecular weight is 335 g/mol. The van der Waals surface area contributed by atoms with Gasteiger partial charge < -0.3 is 5.11 Å². The van der Waals surface area contributed by atoms with E-state index < -0.39 is 25.8 Å². The van der Waals surface area contributed by atoms with Crippen LogP contribution in [0, 0.1) is 0 Å². The molecule has 0 fully saturated rings. The van der Waals surface area contributed by atoms with Crippen LogP contribution in [0.5, 0.6) is 0 Å². The molecule has 9 heteroatoms. The Hall–Kier alpha value is -1.45. The molecule has 2 N–H and O–H groups in total. The minimum atomic E-state index is -3.71. The molecule has 0 spiro atoms. The lowest BCUT2D eigenvalue weighted by molar-refractivity contribution is -0.137. The predicted molar refractivity (Wildman–Crippen MR) is 77.0 cm³/mol. The molecule has 0 radical (unpaired) electrons. The van der Waals surface area contributed by atoms with Crippen molar-refractivity contribution in [2.45, 2.75) is 23.5 Å². The van der Waals surface area contributed by atoms with Gasteiger partial charge in [0.05, 0.1) is 10.6 Å². The minimum absolute atomic E-state index is 0.00933. The molecule has 0 saturated heterocycles. The quantitative estimate of drug-likeness (QED) is 0.663. The first kappa shape index (κ1) is 17.6. The molecular formula is C12H17NO6S2. The number of nitrogens with one attached hydrogen (secondary N) is 1. The Morgan fingerprint density at radius 1 is 1.14 bits per heavy atom. The molecule has 1 rings (SSSR count). The number of rotatable bonds is 8. The largest absolute Gasteiger partial charge is 0.481 e. The van der Waals surface area contributed by atoms with Crippen LogP contribution in [0.15, 0.2) is 29.2 Å². The van der Waals surface area contributed by atoms with E-state index in [0.717, 1.165) is 6.26 Å². The first-order valence-corrected chi connectivity index (χ1v) is 9.63. The Balaban J connectivity index is 2.69. The summed E-state index contributed by atoms with van der Waals surface area (Å²) in [6.45, 7) is 0.0275. The Morgan fingerprint density at radius 2 is 1.71 bits per heavy atom. The molecular weight excluding hydrogens is 318 g/mol. The maximum absolute atomic E-state index is 11.9. The lowest BCUT2D eigenvalue weighted by Crippen LogP contribution is -2.25. The van der Waals surface area contributed by atoms with Crippen LogP contribution in [-0.2, 0) is 30.4 Å². The van der Waals surface area contributed by atoms with Crippen molar-refractivity contribution in [3.63, 3.8) is 0 Å². The van der Waals surface area contributed by atoms with Gasteiger partial charge in [0, 0.05) is 19.2 Å². The predicted octanol–water partition coefficient (Wildman–Crippen LogP) is 0.374. The number of carboxylic acid groups (broad SMARTS) is 1. The standard InChI is InChI=1S/C12H17NO6S2/c1-20(16,17)9-10-4-6-11(7-5-10)21(18,19)13-8-2-3-12(14)15/h4-7,13H,2-3,8-9H2,1H3,(H,14,15). The van der Waals surface area contributed by atoms with Crippen molar-refractivity contribution in [2.24, 2.45) is 0 Å². The highest BCUT2D eigenvalue weighted by molar-refractivity contribution is 7.90. The van der Waals surface area contributed by atoms with E-state index in [2.05, 4.69) is 4.72 Å². The summed E-state index contributed by atoms with van der Waals surface area (Å²) >= 11 is 0. The van der Waals surface area contributed by atoms with Gasteiger partial charge in [0.1, 0.15) is 0 Å². The van der Waals surface area contributed by atoms with Crippen LogP contribution in [0.3, 0.4) is 0 Å². The summed E-state index contributed by atoms with van der Waals surface area (Å²) in [6, 6.07) is 5.51. The SMILES string of the molecule is CS(=O)(=O)Cc1ccc(S(=O)(=O)NCCCC(=O)O)cc1. The lowest BCUT2D eigenvalue weighted by Gasteiger charge is -2.07. The molecule has 1 aromatic carbocycles. The van der Waals surface area contributed by atoms with Crippen molar-refractivity contribution >= 4 is 25.8 Å². The summed E-state index contributed by atoms with van der Waals surface area (Å²) in [5.41, 5.74) is 0.502. The van der Waals surface area contributed by atoms with Crippen LogP contribution in [0.4, 0.5) is 0 Å². The molecule has 0 aromatic heterocycles. The van der Waals surface area contributed by atoms with Crippen molar-refractivity contribution in [1.29, 1.82) is 0 Å². The average Bonchev–Trinajstić information content (AvgIpc) is 2.33. The summed E-state index contributed by atoms with van der Waals surface area (Å²) in [4.78, 5) is 10.3. The number of carboxylic acids is 1. The fourth-order valence-corrected chi connectivity index (χ4v) is 3.47. The van der Waals surface area contributed by atoms with Gasteiger partial charge in [-0.05, 0) is 24.1 Å². The number of hydrogen-bond acceptors (Lipinski definition) is 5. The summed E-state index contributed by atoms with van der Waals surface area (Å²) in [5.74, 6) is -1.14. The van der Waals surface area contributed by atoms with Gasteiger partial charge in [0.2, 0.25) is 10.0 Å². The third kappa shape index (κ3) is 6.69.